The van der Waals surface area contributed by atoms with E-state index < -0.39 is 6.04 Å². The lowest BCUT2D eigenvalue weighted by Gasteiger charge is -2.29. The van der Waals surface area contributed by atoms with Crippen LogP contribution in [0, 0.1) is 13.8 Å². The average Bonchev–Trinajstić information content (AvgIpc) is 3.33. The van der Waals surface area contributed by atoms with E-state index in [1.807, 2.05) is 87.5 Å². The Kier molecular flexibility index (Phi) is 6.48. The summed E-state index contributed by atoms with van der Waals surface area (Å²) < 4.78 is 7.67. The van der Waals surface area contributed by atoms with Crippen LogP contribution in [0.2, 0.25) is 5.02 Å². The zero-order valence-corrected chi connectivity index (χ0v) is 21.0. The van der Waals surface area contributed by atoms with Crippen LogP contribution in [-0.2, 0) is 11.4 Å². The van der Waals surface area contributed by atoms with E-state index in [4.69, 9.17) is 16.3 Å². The summed E-state index contributed by atoms with van der Waals surface area (Å²) in [6, 6.07) is 20.8. The van der Waals surface area contributed by atoms with Gasteiger partial charge in [0, 0.05) is 22.0 Å². The SMILES string of the molecule is CC1=C(C(=O)Nc2ccc(C)cc2C)[C@@H](c2ccc(OCc3ccccc3Cl)cc2)n2ncnc2N1. The molecule has 182 valence electrons. The summed E-state index contributed by atoms with van der Waals surface area (Å²) in [6.07, 6.45) is 1.48. The fourth-order valence-electron chi connectivity index (χ4n) is 4.36. The number of rotatable bonds is 6. The molecular formula is C28H26ClN5O2. The third kappa shape index (κ3) is 4.70. The molecule has 36 heavy (non-hydrogen) atoms. The summed E-state index contributed by atoms with van der Waals surface area (Å²) >= 11 is 6.24. The maximum Gasteiger partial charge on any atom is 0.255 e. The number of aryl methyl sites for hydroxylation is 2. The number of amides is 1. The van der Waals surface area contributed by atoms with Crippen molar-refractivity contribution in [1.82, 2.24) is 14.8 Å². The molecule has 2 N–H and O–H groups in total. The lowest BCUT2D eigenvalue weighted by atomic mass is 9.94. The highest BCUT2D eigenvalue weighted by Crippen LogP contribution is 2.36. The second-order valence-corrected chi connectivity index (χ2v) is 9.22. The molecule has 8 heteroatoms. The zero-order valence-electron chi connectivity index (χ0n) is 20.2. The van der Waals surface area contributed by atoms with E-state index in [9.17, 15) is 4.79 Å². The number of ether oxygens (including phenoxy) is 1. The maximum absolute atomic E-state index is 13.6. The van der Waals surface area contributed by atoms with Crippen LogP contribution in [-0.4, -0.2) is 20.7 Å². The number of aromatic nitrogens is 3. The van der Waals surface area contributed by atoms with Crippen molar-refractivity contribution in [2.75, 3.05) is 10.6 Å². The van der Waals surface area contributed by atoms with Gasteiger partial charge in [-0.1, -0.05) is 59.6 Å². The maximum atomic E-state index is 13.6. The van der Waals surface area contributed by atoms with E-state index in [1.165, 1.54) is 6.33 Å². The van der Waals surface area contributed by atoms with Gasteiger partial charge in [0.1, 0.15) is 24.7 Å². The minimum atomic E-state index is -0.452. The fraction of sp³-hybridized carbons (Fsp3) is 0.179. The van der Waals surface area contributed by atoms with Crippen molar-refractivity contribution in [1.29, 1.82) is 0 Å². The van der Waals surface area contributed by atoms with E-state index in [0.717, 1.165) is 33.6 Å². The number of hydrogen-bond donors (Lipinski definition) is 2. The summed E-state index contributed by atoms with van der Waals surface area (Å²) in [7, 11) is 0. The third-order valence-electron chi connectivity index (χ3n) is 6.22. The lowest BCUT2D eigenvalue weighted by Crippen LogP contribution is -2.31. The van der Waals surface area contributed by atoms with Gasteiger partial charge in [0.15, 0.2) is 0 Å². The molecule has 0 aliphatic carbocycles. The van der Waals surface area contributed by atoms with Crippen molar-refractivity contribution in [3.63, 3.8) is 0 Å². The van der Waals surface area contributed by atoms with Gasteiger partial charge in [-0.15, -0.1) is 0 Å². The van der Waals surface area contributed by atoms with Gasteiger partial charge in [0.25, 0.3) is 5.91 Å². The first-order chi connectivity index (χ1) is 17.4. The van der Waals surface area contributed by atoms with Crippen molar-refractivity contribution in [3.8, 4) is 5.75 Å². The Hall–Kier alpha value is -4.10. The van der Waals surface area contributed by atoms with Crippen LogP contribution in [0.25, 0.3) is 0 Å². The Labute approximate surface area is 214 Å². The summed E-state index contributed by atoms with van der Waals surface area (Å²) in [6.45, 7) is 6.25. The van der Waals surface area contributed by atoms with Gasteiger partial charge in [-0.2, -0.15) is 10.1 Å². The molecule has 3 aromatic carbocycles. The molecule has 0 saturated heterocycles. The lowest BCUT2D eigenvalue weighted by molar-refractivity contribution is -0.113. The molecular weight excluding hydrogens is 474 g/mol. The monoisotopic (exact) mass is 499 g/mol. The Morgan fingerprint density at radius 3 is 2.61 bits per heavy atom. The summed E-state index contributed by atoms with van der Waals surface area (Å²) in [5.74, 6) is 1.09. The van der Waals surface area contributed by atoms with Crippen LogP contribution in [0.15, 0.2) is 84.3 Å². The predicted molar refractivity (Wildman–Crippen MR) is 141 cm³/mol. The highest BCUT2D eigenvalue weighted by atomic mass is 35.5. The number of hydrogen-bond acceptors (Lipinski definition) is 5. The minimum absolute atomic E-state index is 0.197. The van der Waals surface area contributed by atoms with E-state index in [0.29, 0.717) is 28.9 Å². The molecule has 1 atom stereocenters. The molecule has 0 spiro atoms. The molecule has 0 fully saturated rings. The molecule has 1 aliphatic heterocycles. The molecule has 7 nitrogen and oxygen atoms in total. The number of carbonyl (C=O) groups excluding carboxylic acids is 1. The van der Waals surface area contributed by atoms with Crippen LogP contribution >= 0.6 is 11.6 Å². The molecule has 4 aromatic rings. The van der Waals surface area contributed by atoms with Crippen molar-refractivity contribution in [2.24, 2.45) is 0 Å². The van der Waals surface area contributed by atoms with Gasteiger partial charge in [-0.3, -0.25) is 4.79 Å². The second kappa shape index (κ2) is 9.87. The topological polar surface area (TPSA) is 81.1 Å². The second-order valence-electron chi connectivity index (χ2n) is 8.82. The largest absolute Gasteiger partial charge is 0.489 e. The number of nitrogens with zero attached hydrogens (tertiary/aromatic N) is 3. The highest BCUT2D eigenvalue weighted by Gasteiger charge is 2.33. The number of halogens is 1. The van der Waals surface area contributed by atoms with Gasteiger partial charge < -0.3 is 15.4 Å². The average molecular weight is 500 g/mol. The van der Waals surface area contributed by atoms with Crippen LogP contribution in [0.1, 0.15) is 35.2 Å². The first kappa shape index (κ1) is 23.6. The van der Waals surface area contributed by atoms with Gasteiger partial charge in [-0.25, -0.2) is 4.68 Å². The first-order valence-corrected chi connectivity index (χ1v) is 12.0. The van der Waals surface area contributed by atoms with Crippen LogP contribution in [0.3, 0.4) is 0 Å². The van der Waals surface area contributed by atoms with Crippen LogP contribution < -0.4 is 15.4 Å². The van der Waals surface area contributed by atoms with Crippen LogP contribution in [0.4, 0.5) is 11.6 Å². The number of allylic oxidation sites excluding steroid dienone is 1. The van der Waals surface area contributed by atoms with E-state index in [2.05, 4.69) is 20.7 Å². The smallest absolute Gasteiger partial charge is 0.255 e. The van der Waals surface area contributed by atoms with Crippen LogP contribution in [0.5, 0.6) is 5.75 Å². The van der Waals surface area contributed by atoms with E-state index in [-0.39, 0.29) is 5.91 Å². The first-order valence-electron chi connectivity index (χ1n) is 11.6. The number of nitrogens with one attached hydrogen (secondary N) is 2. The zero-order chi connectivity index (χ0) is 25.2. The normalized spacial score (nSPS) is 14.7. The summed E-state index contributed by atoms with van der Waals surface area (Å²) in [4.78, 5) is 17.9. The van der Waals surface area contributed by atoms with Gasteiger partial charge in [0.05, 0.1) is 5.57 Å². The molecule has 0 radical (unpaired) electrons. The van der Waals surface area contributed by atoms with Gasteiger partial charge >= 0.3 is 0 Å². The molecule has 1 aromatic heterocycles. The molecule has 0 unspecified atom stereocenters. The van der Waals surface area contributed by atoms with Crippen molar-refractivity contribution in [3.05, 3.63) is 112 Å². The third-order valence-corrected chi connectivity index (χ3v) is 6.59. The number of fused-ring (bicyclic) bond motifs is 1. The molecule has 2 heterocycles. The van der Waals surface area contributed by atoms with Crippen molar-refractivity contribution >= 4 is 29.1 Å². The minimum Gasteiger partial charge on any atom is -0.489 e. The van der Waals surface area contributed by atoms with Crippen molar-refractivity contribution < 1.29 is 9.53 Å². The number of benzene rings is 3. The Balaban J connectivity index is 1.42. The standard InChI is InChI=1S/C28H26ClN5O2/c1-17-8-13-24(18(2)14-17)33-27(35)25-19(3)32-28-30-16-31-34(28)26(25)20-9-11-22(12-10-20)36-15-21-6-4-5-7-23(21)29/h4-14,16,26H,15H2,1-3H3,(H,33,35)(H,30,31,32)/t26-/m1/s1. The predicted octanol–water partition coefficient (Wildman–Crippen LogP) is 6.05. The van der Waals surface area contributed by atoms with Gasteiger partial charge in [0.2, 0.25) is 5.95 Å². The number of carbonyl (C=O) groups is 1. The van der Waals surface area contributed by atoms with E-state index >= 15 is 0 Å². The Morgan fingerprint density at radius 1 is 1.08 bits per heavy atom. The van der Waals surface area contributed by atoms with E-state index in [1.54, 1.807) is 4.68 Å². The molecule has 1 amide bonds. The quantitative estimate of drug-likeness (QED) is 0.337. The fourth-order valence-corrected chi connectivity index (χ4v) is 4.55. The Bertz CT molecular complexity index is 1460. The molecule has 5 rings (SSSR count). The highest BCUT2D eigenvalue weighted by molar-refractivity contribution is 6.31. The number of anilines is 2. The summed E-state index contributed by atoms with van der Waals surface area (Å²) in [5, 5.41) is 11.4. The van der Waals surface area contributed by atoms with Gasteiger partial charge in [-0.05, 0) is 56.2 Å². The molecule has 1 aliphatic rings. The Morgan fingerprint density at radius 2 is 1.86 bits per heavy atom. The molecule has 0 bridgehead atoms. The summed E-state index contributed by atoms with van der Waals surface area (Å²) in [5.41, 5.74) is 6.01. The molecule has 0 saturated carbocycles. The van der Waals surface area contributed by atoms with Crippen molar-refractivity contribution in [2.45, 2.75) is 33.4 Å².